The zero-order chi connectivity index (χ0) is 29.2. The van der Waals surface area contributed by atoms with E-state index in [4.69, 9.17) is 25.8 Å². The van der Waals surface area contributed by atoms with E-state index < -0.39 is 17.6 Å². The lowest BCUT2D eigenvalue weighted by atomic mass is 10.1. The Labute approximate surface area is 245 Å². The van der Waals surface area contributed by atoms with Gasteiger partial charge in [0.2, 0.25) is 5.88 Å². The summed E-state index contributed by atoms with van der Waals surface area (Å²) in [4.78, 5) is 22.9. The molecular formula is C30H29ClF2N4O5. The van der Waals surface area contributed by atoms with Crippen LogP contribution in [0.2, 0.25) is 5.02 Å². The molecule has 0 amide bonds. The van der Waals surface area contributed by atoms with Gasteiger partial charge < -0.3 is 23.9 Å². The largest absolute Gasteiger partial charge is 0.484 e. The van der Waals surface area contributed by atoms with Crippen molar-refractivity contribution >= 4 is 28.6 Å². The smallest absolute Gasteiger partial charge is 0.335 e. The second-order valence-electron chi connectivity index (χ2n) is 10.5. The first kappa shape index (κ1) is 28.3. The number of rotatable bonds is 10. The first-order valence-electron chi connectivity index (χ1n) is 13.8. The van der Waals surface area contributed by atoms with Crippen molar-refractivity contribution in [3.05, 3.63) is 82.3 Å². The lowest BCUT2D eigenvalue weighted by Gasteiger charge is -2.32. The molecule has 9 nitrogen and oxygen atoms in total. The summed E-state index contributed by atoms with van der Waals surface area (Å²) < 4.78 is 48.1. The highest BCUT2D eigenvalue weighted by atomic mass is 35.5. The standard InChI is InChI=1S/C30H29ClF2N4O5/c31-19-4-5-26(23(32)14-19)41-17-20-2-1-3-28(34-20)42-21-6-9-36(10-7-21)16-27-35-29-24(33)12-18(30(38)39)13-25(29)37(27)15-22-8-11-40-22/h1-5,12-14,21-22H,6-11,15-17H2,(H,38,39)/t22-/m0/s1. The van der Waals surface area contributed by atoms with Gasteiger partial charge in [0.15, 0.2) is 17.4 Å². The minimum atomic E-state index is -1.19. The molecule has 1 atom stereocenters. The van der Waals surface area contributed by atoms with E-state index in [2.05, 4.69) is 14.9 Å². The number of carboxylic acid groups (broad SMARTS) is 1. The van der Waals surface area contributed by atoms with E-state index in [1.807, 2.05) is 10.6 Å². The molecule has 0 saturated carbocycles. The van der Waals surface area contributed by atoms with Gasteiger partial charge in [-0.1, -0.05) is 17.7 Å². The van der Waals surface area contributed by atoms with E-state index in [0.717, 1.165) is 38.4 Å². The van der Waals surface area contributed by atoms with Gasteiger partial charge in [-0.2, -0.15) is 0 Å². The van der Waals surface area contributed by atoms with Gasteiger partial charge in [0.25, 0.3) is 0 Å². The molecule has 0 radical (unpaired) electrons. The van der Waals surface area contributed by atoms with Gasteiger partial charge in [0.05, 0.1) is 36.0 Å². The van der Waals surface area contributed by atoms with E-state index >= 15 is 0 Å². The van der Waals surface area contributed by atoms with Gasteiger partial charge in [0, 0.05) is 30.8 Å². The summed E-state index contributed by atoms with van der Waals surface area (Å²) >= 11 is 5.80. The predicted octanol–water partition coefficient (Wildman–Crippen LogP) is 5.47. The number of aromatic nitrogens is 3. The number of benzene rings is 2. The summed E-state index contributed by atoms with van der Waals surface area (Å²) in [5, 5.41) is 9.73. The number of carboxylic acids is 1. The third-order valence-electron chi connectivity index (χ3n) is 7.55. The fraction of sp³-hybridized carbons (Fsp3) is 0.367. The molecule has 12 heteroatoms. The van der Waals surface area contributed by atoms with Crippen LogP contribution in [0.1, 0.15) is 41.1 Å². The minimum absolute atomic E-state index is 0.00397. The van der Waals surface area contributed by atoms with Gasteiger partial charge in [-0.05, 0) is 55.7 Å². The van der Waals surface area contributed by atoms with Crippen molar-refractivity contribution in [3.63, 3.8) is 0 Å². The predicted molar refractivity (Wildman–Crippen MR) is 150 cm³/mol. The molecule has 0 unspecified atom stereocenters. The molecule has 1 N–H and O–H groups in total. The van der Waals surface area contributed by atoms with Crippen LogP contribution in [0.15, 0.2) is 48.5 Å². The first-order valence-corrected chi connectivity index (χ1v) is 14.2. The average Bonchev–Trinajstić information content (AvgIpc) is 3.28. The van der Waals surface area contributed by atoms with Crippen molar-refractivity contribution in [2.45, 2.75) is 51.2 Å². The van der Waals surface area contributed by atoms with E-state index in [0.29, 0.717) is 47.6 Å². The number of aromatic carboxylic acids is 1. The fourth-order valence-electron chi connectivity index (χ4n) is 5.21. The molecule has 2 fully saturated rings. The monoisotopic (exact) mass is 598 g/mol. The number of halogens is 3. The zero-order valence-electron chi connectivity index (χ0n) is 22.6. The highest BCUT2D eigenvalue weighted by Gasteiger charge is 2.27. The Morgan fingerprint density at radius 1 is 1.07 bits per heavy atom. The van der Waals surface area contributed by atoms with Crippen LogP contribution in [0.25, 0.3) is 11.0 Å². The Kier molecular flexibility index (Phi) is 8.23. The summed E-state index contributed by atoms with van der Waals surface area (Å²) in [6, 6.07) is 12.1. The van der Waals surface area contributed by atoms with Gasteiger partial charge in [0.1, 0.15) is 24.1 Å². The number of fused-ring (bicyclic) bond motifs is 1. The van der Waals surface area contributed by atoms with Gasteiger partial charge >= 0.3 is 5.97 Å². The molecule has 4 aromatic rings. The van der Waals surface area contributed by atoms with Crippen LogP contribution in [0.4, 0.5) is 8.78 Å². The zero-order valence-corrected chi connectivity index (χ0v) is 23.4. The molecular weight excluding hydrogens is 570 g/mol. The maximum Gasteiger partial charge on any atom is 0.335 e. The first-order chi connectivity index (χ1) is 20.3. The summed E-state index contributed by atoms with van der Waals surface area (Å²) in [5.41, 5.74) is 1.12. The maximum absolute atomic E-state index is 14.8. The maximum atomic E-state index is 14.8. The summed E-state index contributed by atoms with van der Waals surface area (Å²) in [7, 11) is 0. The summed E-state index contributed by atoms with van der Waals surface area (Å²) in [6.45, 7) is 3.20. The van der Waals surface area contributed by atoms with Crippen molar-refractivity contribution in [3.8, 4) is 11.6 Å². The highest BCUT2D eigenvalue weighted by molar-refractivity contribution is 6.30. The molecule has 0 spiro atoms. The molecule has 2 aliphatic heterocycles. The fourth-order valence-corrected chi connectivity index (χ4v) is 5.37. The van der Waals surface area contributed by atoms with Crippen LogP contribution < -0.4 is 9.47 Å². The van der Waals surface area contributed by atoms with Gasteiger partial charge in [-0.25, -0.2) is 23.5 Å². The molecule has 42 heavy (non-hydrogen) atoms. The van der Waals surface area contributed by atoms with Crippen LogP contribution in [-0.4, -0.2) is 62.4 Å². The van der Waals surface area contributed by atoms with Crippen molar-refractivity contribution in [2.24, 2.45) is 0 Å². The van der Waals surface area contributed by atoms with Crippen LogP contribution in [0.3, 0.4) is 0 Å². The molecule has 2 aromatic carbocycles. The average molecular weight is 599 g/mol. The number of carbonyl (C=O) groups is 1. The number of piperidine rings is 1. The molecule has 2 aromatic heterocycles. The SMILES string of the molecule is O=C(O)c1cc(F)c2nc(CN3CCC(Oc4cccc(COc5ccc(Cl)cc5F)n4)CC3)n(C[C@@H]3CCO3)c2c1. The van der Waals surface area contributed by atoms with E-state index in [1.54, 1.807) is 18.2 Å². The van der Waals surface area contributed by atoms with Gasteiger partial charge in [-0.15, -0.1) is 0 Å². The highest BCUT2D eigenvalue weighted by Crippen LogP contribution is 2.27. The lowest BCUT2D eigenvalue weighted by molar-refractivity contribution is -0.0592. The molecule has 2 aliphatic rings. The Hall–Kier alpha value is -3.80. The Balaban J connectivity index is 1.08. The van der Waals surface area contributed by atoms with Crippen LogP contribution in [-0.2, 0) is 24.4 Å². The minimum Gasteiger partial charge on any atom is -0.484 e. The normalized spacial score (nSPS) is 17.7. The van der Waals surface area contributed by atoms with Crippen LogP contribution >= 0.6 is 11.6 Å². The lowest BCUT2D eigenvalue weighted by Crippen LogP contribution is -2.39. The van der Waals surface area contributed by atoms with Crippen molar-refractivity contribution in [1.82, 2.24) is 19.4 Å². The second-order valence-corrected chi connectivity index (χ2v) is 10.9. The number of nitrogens with zero attached hydrogens (tertiary/aromatic N) is 4. The number of imidazole rings is 1. The van der Waals surface area contributed by atoms with Crippen LogP contribution in [0.5, 0.6) is 11.6 Å². The van der Waals surface area contributed by atoms with Crippen molar-refractivity contribution in [2.75, 3.05) is 19.7 Å². The van der Waals surface area contributed by atoms with E-state index in [9.17, 15) is 18.7 Å². The van der Waals surface area contributed by atoms with Crippen LogP contribution in [0, 0.1) is 11.6 Å². The van der Waals surface area contributed by atoms with Crippen molar-refractivity contribution in [1.29, 1.82) is 0 Å². The number of hydrogen-bond donors (Lipinski definition) is 1. The van der Waals surface area contributed by atoms with E-state index in [1.165, 1.54) is 18.2 Å². The Morgan fingerprint density at radius 2 is 1.88 bits per heavy atom. The summed E-state index contributed by atoms with van der Waals surface area (Å²) in [6.07, 6.45) is 2.35. The number of likely N-dealkylation sites (tertiary alicyclic amines) is 1. The Bertz CT molecular complexity index is 1600. The number of pyridine rings is 1. The molecule has 0 aliphatic carbocycles. The summed E-state index contributed by atoms with van der Waals surface area (Å²) in [5.74, 6) is -1.13. The quantitative estimate of drug-likeness (QED) is 0.257. The molecule has 220 valence electrons. The molecule has 0 bridgehead atoms. The third-order valence-corrected chi connectivity index (χ3v) is 7.79. The topological polar surface area (TPSA) is 98.9 Å². The number of ether oxygens (including phenoxy) is 3. The molecule has 6 rings (SSSR count). The Morgan fingerprint density at radius 3 is 2.60 bits per heavy atom. The molecule has 2 saturated heterocycles. The second kappa shape index (κ2) is 12.2. The third kappa shape index (κ3) is 6.33. The number of hydrogen-bond acceptors (Lipinski definition) is 7. The van der Waals surface area contributed by atoms with Crippen molar-refractivity contribution < 1.29 is 32.9 Å². The van der Waals surface area contributed by atoms with E-state index in [-0.39, 0.29) is 35.6 Å². The van der Waals surface area contributed by atoms with Gasteiger partial charge in [-0.3, -0.25) is 4.90 Å². The molecule has 4 heterocycles.